The summed E-state index contributed by atoms with van der Waals surface area (Å²) in [5.41, 5.74) is 2.76. The lowest BCUT2D eigenvalue weighted by Gasteiger charge is -2.11. The smallest absolute Gasteiger partial charge is 0.180 e. The van der Waals surface area contributed by atoms with Gasteiger partial charge in [-0.2, -0.15) is 5.10 Å². The number of rotatable bonds is 2. The van der Waals surface area contributed by atoms with Crippen LogP contribution in [0.2, 0.25) is 0 Å². The van der Waals surface area contributed by atoms with Crippen LogP contribution < -0.4 is 0 Å². The van der Waals surface area contributed by atoms with Crippen molar-refractivity contribution >= 4 is 17.7 Å². The van der Waals surface area contributed by atoms with Crippen molar-refractivity contribution in [3.05, 3.63) is 60.3 Å². The first kappa shape index (κ1) is 13.5. The zero-order valence-electron chi connectivity index (χ0n) is 12.0. The third-order valence-corrected chi connectivity index (χ3v) is 3.68. The summed E-state index contributed by atoms with van der Waals surface area (Å²) in [5.74, 6) is 0.234. The standard InChI is InChI=1S/C17H11FN4O/c18-13-3-1-11(2-4-13)12-9-21-22(10-12)17-16-14(5-7-20-17)15(23)6-8-19-16/h1-5,7-10H,6H2. The van der Waals surface area contributed by atoms with Crippen LogP contribution in [0.4, 0.5) is 10.1 Å². The molecular formula is C17H11FN4O. The second kappa shape index (κ2) is 5.24. The number of ketones is 1. The van der Waals surface area contributed by atoms with E-state index in [-0.39, 0.29) is 11.6 Å². The normalized spacial score (nSPS) is 13.2. The maximum absolute atomic E-state index is 13.0. The number of carbonyl (C=O) groups excluding carboxylic acids is 1. The van der Waals surface area contributed by atoms with E-state index >= 15 is 0 Å². The van der Waals surface area contributed by atoms with Crippen LogP contribution in [-0.4, -0.2) is 26.8 Å². The molecule has 4 rings (SSSR count). The second-order valence-electron chi connectivity index (χ2n) is 5.15. The molecule has 0 amide bonds. The largest absolute Gasteiger partial charge is 0.294 e. The first-order valence-corrected chi connectivity index (χ1v) is 7.08. The van der Waals surface area contributed by atoms with Gasteiger partial charge in [0.05, 0.1) is 6.20 Å². The Kier molecular flexibility index (Phi) is 3.08. The number of nitrogens with zero attached hydrogens (tertiary/aromatic N) is 4. The van der Waals surface area contributed by atoms with Crippen molar-refractivity contribution in [3.63, 3.8) is 0 Å². The van der Waals surface area contributed by atoms with Crippen molar-refractivity contribution < 1.29 is 9.18 Å². The van der Waals surface area contributed by atoms with Gasteiger partial charge in [0.15, 0.2) is 11.6 Å². The topological polar surface area (TPSA) is 60.1 Å². The molecule has 0 saturated carbocycles. The summed E-state index contributed by atoms with van der Waals surface area (Å²) in [5, 5.41) is 4.29. The number of Topliss-reactive ketones (excluding diaryl/α,β-unsaturated/α-hetero) is 1. The number of hydrogen-bond donors (Lipinski definition) is 0. The zero-order valence-corrected chi connectivity index (χ0v) is 12.0. The molecule has 1 aliphatic heterocycles. The highest BCUT2D eigenvalue weighted by atomic mass is 19.1. The number of fused-ring (bicyclic) bond motifs is 1. The molecule has 6 heteroatoms. The van der Waals surface area contributed by atoms with Crippen LogP contribution in [0, 0.1) is 5.82 Å². The number of hydrogen-bond acceptors (Lipinski definition) is 4. The number of aliphatic imine (C=N–C) groups is 1. The lowest BCUT2D eigenvalue weighted by atomic mass is 10.1. The van der Waals surface area contributed by atoms with Crippen molar-refractivity contribution in [2.24, 2.45) is 4.99 Å². The van der Waals surface area contributed by atoms with Crippen molar-refractivity contribution in [3.8, 4) is 16.9 Å². The fourth-order valence-electron chi connectivity index (χ4n) is 2.52. The van der Waals surface area contributed by atoms with E-state index in [1.54, 1.807) is 47.7 Å². The van der Waals surface area contributed by atoms with Gasteiger partial charge in [-0.1, -0.05) is 12.1 Å². The minimum Gasteiger partial charge on any atom is -0.294 e. The molecule has 0 aliphatic carbocycles. The Bertz CT molecular complexity index is 928. The summed E-state index contributed by atoms with van der Waals surface area (Å²) >= 11 is 0. The Morgan fingerprint density at radius 1 is 1.09 bits per heavy atom. The molecule has 112 valence electrons. The Balaban J connectivity index is 1.79. The minimum atomic E-state index is -0.284. The maximum Gasteiger partial charge on any atom is 0.180 e. The van der Waals surface area contributed by atoms with Gasteiger partial charge in [-0.3, -0.25) is 9.79 Å². The third kappa shape index (κ3) is 2.34. The molecule has 3 aromatic rings. The summed E-state index contributed by atoms with van der Waals surface area (Å²) < 4.78 is 14.6. The van der Waals surface area contributed by atoms with Gasteiger partial charge in [0, 0.05) is 36.2 Å². The monoisotopic (exact) mass is 306 g/mol. The molecule has 3 heterocycles. The van der Waals surface area contributed by atoms with Gasteiger partial charge in [0.25, 0.3) is 0 Å². The first-order valence-electron chi connectivity index (χ1n) is 7.08. The maximum atomic E-state index is 13.0. The van der Waals surface area contributed by atoms with Crippen LogP contribution in [0.25, 0.3) is 16.9 Å². The predicted octanol–water partition coefficient (Wildman–Crippen LogP) is 3.36. The van der Waals surface area contributed by atoms with E-state index in [1.165, 1.54) is 12.1 Å². The van der Waals surface area contributed by atoms with Crippen LogP contribution >= 0.6 is 0 Å². The highest BCUT2D eigenvalue weighted by Gasteiger charge is 2.19. The van der Waals surface area contributed by atoms with Crippen LogP contribution in [0.3, 0.4) is 0 Å². The average Bonchev–Trinajstić information content (AvgIpc) is 3.05. The van der Waals surface area contributed by atoms with Gasteiger partial charge in [0.2, 0.25) is 0 Å². The molecule has 5 nitrogen and oxygen atoms in total. The van der Waals surface area contributed by atoms with E-state index in [0.29, 0.717) is 23.5 Å². The second-order valence-corrected chi connectivity index (χ2v) is 5.15. The van der Waals surface area contributed by atoms with Gasteiger partial charge in [-0.15, -0.1) is 0 Å². The minimum absolute atomic E-state index is 0.0181. The summed E-state index contributed by atoms with van der Waals surface area (Å²) in [6, 6.07) is 7.84. The van der Waals surface area contributed by atoms with Crippen molar-refractivity contribution in [1.29, 1.82) is 0 Å². The van der Waals surface area contributed by atoms with E-state index in [0.717, 1.165) is 11.1 Å². The number of carbonyl (C=O) groups is 1. The molecule has 2 aromatic heterocycles. The molecule has 0 atom stereocenters. The van der Waals surface area contributed by atoms with E-state index in [2.05, 4.69) is 15.1 Å². The Labute approximate surface area is 131 Å². The molecule has 0 fully saturated rings. The Hall–Kier alpha value is -3.15. The SMILES string of the molecule is O=C1CC=Nc2c1ccnc2-n1cc(-c2ccc(F)cc2)cn1. The zero-order chi connectivity index (χ0) is 15.8. The summed E-state index contributed by atoms with van der Waals surface area (Å²) in [4.78, 5) is 20.5. The van der Waals surface area contributed by atoms with Crippen LogP contribution in [0.1, 0.15) is 16.8 Å². The molecular weight excluding hydrogens is 295 g/mol. The highest BCUT2D eigenvalue weighted by molar-refractivity contribution is 6.10. The van der Waals surface area contributed by atoms with E-state index in [9.17, 15) is 9.18 Å². The molecule has 1 aromatic carbocycles. The highest BCUT2D eigenvalue weighted by Crippen LogP contribution is 2.30. The molecule has 23 heavy (non-hydrogen) atoms. The van der Waals surface area contributed by atoms with E-state index in [4.69, 9.17) is 0 Å². The summed E-state index contributed by atoms with van der Waals surface area (Å²) in [7, 11) is 0. The molecule has 0 spiro atoms. The van der Waals surface area contributed by atoms with E-state index in [1.807, 2.05) is 0 Å². The van der Waals surface area contributed by atoms with Gasteiger partial charge in [0.1, 0.15) is 11.5 Å². The van der Waals surface area contributed by atoms with Crippen molar-refractivity contribution in [1.82, 2.24) is 14.8 Å². The molecule has 1 aliphatic rings. The molecule has 0 bridgehead atoms. The average molecular weight is 306 g/mol. The number of aromatic nitrogens is 3. The van der Waals surface area contributed by atoms with Crippen molar-refractivity contribution in [2.75, 3.05) is 0 Å². The third-order valence-electron chi connectivity index (χ3n) is 3.68. The fraction of sp³-hybridized carbons (Fsp3) is 0.0588. The van der Waals surface area contributed by atoms with E-state index < -0.39 is 0 Å². The molecule has 0 N–H and O–H groups in total. The lowest BCUT2D eigenvalue weighted by molar-refractivity contribution is 0.100. The summed E-state index contributed by atoms with van der Waals surface area (Å²) in [6.07, 6.45) is 6.91. The fourth-order valence-corrected chi connectivity index (χ4v) is 2.52. The predicted molar refractivity (Wildman–Crippen MR) is 83.9 cm³/mol. The molecule has 0 unspecified atom stereocenters. The van der Waals surface area contributed by atoms with Crippen LogP contribution in [0.5, 0.6) is 0 Å². The Morgan fingerprint density at radius 2 is 1.91 bits per heavy atom. The number of halogens is 1. The van der Waals surface area contributed by atoms with Crippen LogP contribution in [-0.2, 0) is 0 Å². The van der Waals surface area contributed by atoms with Gasteiger partial charge >= 0.3 is 0 Å². The lowest BCUT2D eigenvalue weighted by Crippen LogP contribution is -2.08. The van der Waals surface area contributed by atoms with Gasteiger partial charge in [-0.05, 0) is 23.8 Å². The molecule has 0 radical (unpaired) electrons. The van der Waals surface area contributed by atoms with Gasteiger partial charge < -0.3 is 0 Å². The number of pyridine rings is 1. The Morgan fingerprint density at radius 3 is 2.74 bits per heavy atom. The quantitative estimate of drug-likeness (QED) is 0.729. The number of benzene rings is 1. The van der Waals surface area contributed by atoms with Crippen LogP contribution in [0.15, 0.2) is 53.9 Å². The summed E-state index contributed by atoms with van der Waals surface area (Å²) in [6.45, 7) is 0. The van der Waals surface area contributed by atoms with Crippen molar-refractivity contribution in [2.45, 2.75) is 6.42 Å². The van der Waals surface area contributed by atoms with Gasteiger partial charge in [-0.25, -0.2) is 14.1 Å². The molecule has 0 saturated heterocycles. The first-order chi connectivity index (χ1) is 11.2.